The van der Waals surface area contributed by atoms with E-state index in [1.165, 1.54) is 0 Å². The van der Waals surface area contributed by atoms with Crippen molar-refractivity contribution in [2.75, 3.05) is 12.3 Å². The fourth-order valence-corrected chi connectivity index (χ4v) is 2.25. The number of aromatic nitrogens is 1. The highest BCUT2D eigenvalue weighted by Gasteiger charge is 2.12. The van der Waals surface area contributed by atoms with E-state index in [-0.39, 0.29) is 5.91 Å². The van der Waals surface area contributed by atoms with Crippen molar-refractivity contribution in [2.45, 2.75) is 26.7 Å². The molecule has 106 valence electrons. The van der Waals surface area contributed by atoms with Crippen molar-refractivity contribution in [1.82, 2.24) is 10.3 Å². The number of carbonyl (C=O) groups excluding carboxylic acids is 1. The van der Waals surface area contributed by atoms with Crippen molar-refractivity contribution in [3.8, 4) is 0 Å². The molecule has 1 amide bonds. The largest absolute Gasteiger partial charge is 0.383 e. The normalized spacial score (nSPS) is 10.9. The van der Waals surface area contributed by atoms with Gasteiger partial charge in [0.15, 0.2) is 0 Å². The molecule has 20 heavy (non-hydrogen) atoms. The molecule has 1 heterocycles. The number of pyridine rings is 1. The quantitative estimate of drug-likeness (QED) is 0.878. The second-order valence-corrected chi connectivity index (χ2v) is 5.01. The maximum atomic E-state index is 12.1. The summed E-state index contributed by atoms with van der Waals surface area (Å²) in [5.41, 5.74) is 6.29. The van der Waals surface area contributed by atoms with E-state index >= 15 is 0 Å². The number of carbonyl (C=O) groups is 1. The Morgan fingerprint density at radius 3 is 2.70 bits per heavy atom. The molecular formula is C16H21N3O. The molecule has 0 saturated carbocycles. The second-order valence-electron chi connectivity index (χ2n) is 5.01. The number of nitrogens with two attached hydrogens (primary N) is 1. The SMILES string of the molecule is CCC(CC)CNC(=O)c1cc2ccccc2c(N)n1. The number of nitrogens with zero attached hydrogens (tertiary/aromatic N) is 1. The lowest BCUT2D eigenvalue weighted by atomic mass is 10.0. The van der Waals surface area contributed by atoms with E-state index in [9.17, 15) is 4.79 Å². The zero-order valence-corrected chi connectivity index (χ0v) is 12.0. The first-order valence-electron chi connectivity index (χ1n) is 7.09. The number of amides is 1. The number of benzene rings is 1. The smallest absolute Gasteiger partial charge is 0.270 e. The van der Waals surface area contributed by atoms with Crippen molar-refractivity contribution in [1.29, 1.82) is 0 Å². The van der Waals surface area contributed by atoms with E-state index in [2.05, 4.69) is 24.1 Å². The Balaban J connectivity index is 2.18. The zero-order valence-electron chi connectivity index (χ0n) is 12.0. The third kappa shape index (κ3) is 3.07. The molecule has 3 N–H and O–H groups in total. The molecule has 0 aliphatic rings. The molecule has 0 unspecified atom stereocenters. The number of fused-ring (bicyclic) bond motifs is 1. The Morgan fingerprint density at radius 1 is 1.30 bits per heavy atom. The van der Waals surface area contributed by atoms with Crippen LogP contribution in [0.1, 0.15) is 37.2 Å². The molecule has 0 radical (unpaired) electrons. The number of hydrogen-bond donors (Lipinski definition) is 2. The van der Waals surface area contributed by atoms with Gasteiger partial charge in [-0.2, -0.15) is 0 Å². The molecule has 0 saturated heterocycles. The van der Waals surface area contributed by atoms with Crippen LogP contribution in [0.25, 0.3) is 10.8 Å². The van der Waals surface area contributed by atoms with Gasteiger partial charge in [0.05, 0.1) is 0 Å². The van der Waals surface area contributed by atoms with Crippen LogP contribution in [0.3, 0.4) is 0 Å². The van der Waals surface area contributed by atoms with Gasteiger partial charge in [-0.05, 0) is 17.4 Å². The molecule has 0 spiro atoms. The van der Waals surface area contributed by atoms with Crippen molar-refractivity contribution in [3.63, 3.8) is 0 Å². The summed E-state index contributed by atoms with van der Waals surface area (Å²) in [6.07, 6.45) is 2.12. The number of nitrogens with one attached hydrogen (secondary N) is 1. The average molecular weight is 271 g/mol. The van der Waals surface area contributed by atoms with Crippen LogP contribution in [0.5, 0.6) is 0 Å². The topological polar surface area (TPSA) is 68.0 Å². The first-order valence-corrected chi connectivity index (χ1v) is 7.09. The summed E-state index contributed by atoms with van der Waals surface area (Å²) < 4.78 is 0. The molecule has 1 aromatic carbocycles. The van der Waals surface area contributed by atoms with Gasteiger partial charge in [-0.3, -0.25) is 4.79 Å². The van der Waals surface area contributed by atoms with E-state index < -0.39 is 0 Å². The summed E-state index contributed by atoms with van der Waals surface area (Å²) in [5, 5.41) is 4.75. The molecule has 0 atom stereocenters. The molecule has 4 heteroatoms. The number of rotatable bonds is 5. The van der Waals surface area contributed by atoms with Gasteiger partial charge in [0.1, 0.15) is 11.5 Å². The minimum absolute atomic E-state index is 0.158. The highest BCUT2D eigenvalue weighted by molar-refractivity contribution is 5.99. The Labute approximate surface area is 119 Å². The van der Waals surface area contributed by atoms with Crippen LogP contribution >= 0.6 is 0 Å². The van der Waals surface area contributed by atoms with Gasteiger partial charge in [0, 0.05) is 11.9 Å². The fraction of sp³-hybridized carbons (Fsp3) is 0.375. The molecule has 0 aliphatic heterocycles. The fourth-order valence-electron chi connectivity index (χ4n) is 2.25. The molecule has 0 fully saturated rings. The Kier molecular flexibility index (Phi) is 4.56. The van der Waals surface area contributed by atoms with Gasteiger partial charge in [-0.15, -0.1) is 0 Å². The van der Waals surface area contributed by atoms with Crippen LogP contribution in [0.15, 0.2) is 30.3 Å². The van der Waals surface area contributed by atoms with Crippen molar-refractivity contribution in [2.24, 2.45) is 5.92 Å². The lowest BCUT2D eigenvalue weighted by molar-refractivity contribution is 0.0941. The van der Waals surface area contributed by atoms with Gasteiger partial charge in [0.2, 0.25) is 0 Å². The molecule has 0 bridgehead atoms. The molecule has 4 nitrogen and oxygen atoms in total. The van der Waals surface area contributed by atoms with E-state index in [1.807, 2.05) is 24.3 Å². The highest BCUT2D eigenvalue weighted by Crippen LogP contribution is 2.20. The summed E-state index contributed by atoms with van der Waals surface area (Å²) in [4.78, 5) is 16.3. The predicted molar refractivity (Wildman–Crippen MR) is 82.6 cm³/mol. The van der Waals surface area contributed by atoms with Crippen molar-refractivity contribution in [3.05, 3.63) is 36.0 Å². The summed E-state index contributed by atoms with van der Waals surface area (Å²) in [6, 6.07) is 9.46. The minimum Gasteiger partial charge on any atom is -0.383 e. The van der Waals surface area contributed by atoms with E-state index in [0.29, 0.717) is 24.0 Å². The van der Waals surface area contributed by atoms with Crippen molar-refractivity contribution < 1.29 is 4.79 Å². The van der Waals surface area contributed by atoms with Crippen LogP contribution in [-0.2, 0) is 0 Å². The van der Waals surface area contributed by atoms with Crippen LogP contribution in [0.2, 0.25) is 0 Å². The van der Waals surface area contributed by atoms with E-state index in [4.69, 9.17) is 5.73 Å². The van der Waals surface area contributed by atoms with Crippen molar-refractivity contribution >= 4 is 22.5 Å². The third-order valence-electron chi connectivity index (χ3n) is 3.71. The summed E-state index contributed by atoms with van der Waals surface area (Å²) >= 11 is 0. The zero-order chi connectivity index (χ0) is 14.5. The van der Waals surface area contributed by atoms with E-state index in [0.717, 1.165) is 23.6 Å². The second kappa shape index (κ2) is 6.37. The van der Waals surface area contributed by atoms with Gasteiger partial charge in [-0.1, -0.05) is 51.0 Å². The summed E-state index contributed by atoms with van der Waals surface area (Å²) in [6.45, 7) is 4.94. The molecule has 1 aromatic heterocycles. The molecule has 2 rings (SSSR count). The van der Waals surface area contributed by atoms with Crippen LogP contribution in [0.4, 0.5) is 5.82 Å². The van der Waals surface area contributed by atoms with Gasteiger partial charge in [0.25, 0.3) is 5.91 Å². The first-order chi connectivity index (χ1) is 9.65. The van der Waals surface area contributed by atoms with Gasteiger partial charge >= 0.3 is 0 Å². The maximum absolute atomic E-state index is 12.1. The molecule has 2 aromatic rings. The first kappa shape index (κ1) is 14.3. The van der Waals surface area contributed by atoms with Crippen LogP contribution in [-0.4, -0.2) is 17.4 Å². The van der Waals surface area contributed by atoms with Crippen LogP contribution < -0.4 is 11.1 Å². The van der Waals surface area contributed by atoms with E-state index in [1.54, 1.807) is 6.07 Å². The summed E-state index contributed by atoms with van der Waals surface area (Å²) in [7, 11) is 0. The molecular weight excluding hydrogens is 250 g/mol. The number of hydrogen-bond acceptors (Lipinski definition) is 3. The molecule has 0 aliphatic carbocycles. The Hall–Kier alpha value is -2.10. The third-order valence-corrected chi connectivity index (χ3v) is 3.71. The van der Waals surface area contributed by atoms with Crippen LogP contribution in [0, 0.1) is 5.92 Å². The van der Waals surface area contributed by atoms with Gasteiger partial charge < -0.3 is 11.1 Å². The number of anilines is 1. The van der Waals surface area contributed by atoms with Gasteiger partial charge in [-0.25, -0.2) is 4.98 Å². The lowest BCUT2D eigenvalue weighted by Gasteiger charge is -2.13. The summed E-state index contributed by atoms with van der Waals surface area (Å²) in [5.74, 6) is 0.752. The predicted octanol–water partition coefficient (Wildman–Crippen LogP) is 2.98. The number of nitrogen functional groups attached to an aromatic ring is 1. The minimum atomic E-state index is -0.158. The average Bonchev–Trinajstić information content (AvgIpc) is 2.48. The lowest BCUT2D eigenvalue weighted by Crippen LogP contribution is -2.29. The standard InChI is InChI=1S/C16H21N3O/c1-3-11(4-2)10-18-16(20)14-9-12-7-5-6-8-13(12)15(17)19-14/h5-9,11H,3-4,10H2,1-2H3,(H2,17,19)(H,18,20). The monoisotopic (exact) mass is 271 g/mol. The Morgan fingerprint density at radius 2 is 2.00 bits per heavy atom. The maximum Gasteiger partial charge on any atom is 0.270 e. The highest BCUT2D eigenvalue weighted by atomic mass is 16.1. The Bertz CT molecular complexity index is 606.